The van der Waals surface area contributed by atoms with Crippen LogP contribution in [0.1, 0.15) is 25.7 Å². The normalized spacial score (nSPS) is 23.8. The molecule has 2 fully saturated rings. The van der Waals surface area contributed by atoms with Crippen molar-refractivity contribution < 1.29 is 13.2 Å². The lowest BCUT2D eigenvalue weighted by Gasteiger charge is -2.39. The maximum atomic E-state index is 11.8. The Balaban J connectivity index is 1.39. The standard InChI is InChI=1S/C20H25N5O3S2/c21-30(26,27)15-5-6-17-16(11-15)18-19(22-12-23-20(18)29-17)24-13-1-3-14(4-2-13)25-7-9-28-10-8-25/h5-6,11-14H,1-4,7-10H2,(H2,21,26,27)(H,22,23,24). The summed E-state index contributed by atoms with van der Waals surface area (Å²) in [5.74, 6) is 0.771. The number of nitrogens with zero attached hydrogens (tertiary/aromatic N) is 3. The summed E-state index contributed by atoms with van der Waals surface area (Å²) in [5.41, 5.74) is 0. The van der Waals surface area contributed by atoms with Crippen LogP contribution in [0.25, 0.3) is 20.3 Å². The maximum absolute atomic E-state index is 11.8. The molecular weight excluding hydrogens is 422 g/mol. The van der Waals surface area contributed by atoms with Crippen molar-refractivity contribution in [1.29, 1.82) is 0 Å². The topological polar surface area (TPSA) is 110 Å². The second kappa shape index (κ2) is 8.01. The molecule has 1 aliphatic carbocycles. The van der Waals surface area contributed by atoms with Gasteiger partial charge in [-0.05, 0) is 43.9 Å². The van der Waals surface area contributed by atoms with E-state index in [1.165, 1.54) is 11.3 Å². The third kappa shape index (κ3) is 3.90. The van der Waals surface area contributed by atoms with Crippen molar-refractivity contribution in [2.45, 2.75) is 42.7 Å². The molecule has 0 amide bonds. The number of aromatic nitrogens is 2. The highest BCUT2D eigenvalue weighted by Crippen LogP contribution is 2.38. The van der Waals surface area contributed by atoms with Gasteiger partial charge in [0.2, 0.25) is 10.0 Å². The van der Waals surface area contributed by atoms with Crippen LogP contribution in [0, 0.1) is 0 Å². The van der Waals surface area contributed by atoms with Gasteiger partial charge in [-0.25, -0.2) is 23.5 Å². The molecule has 0 radical (unpaired) electrons. The fraction of sp³-hybridized carbons (Fsp3) is 0.500. The summed E-state index contributed by atoms with van der Waals surface area (Å²) in [6.07, 6.45) is 6.05. The van der Waals surface area contributed by atoms with Crippen molar-refractivity contribution in [3.8, 4) is 0 Å². The first-order valence-corrected chi connectivity index (χ1v) is 12.6. The first-order valence-electron chi connectivity index (χ1n) is 10.3. The van der Waals surface area contributed by atoms with Crippen LogP contribution in [-0.4, -0.2) is 61.7 Å². The highest BCUT2D eigenvalue weighted by Gasteiger charge is 2.27. The smallest absolute Gasteiger partial charge is 0.238 e. The van der Waals surface area contributed by atoms with E-state index in [2.05, 4.69) is 20.2 Å². The Hall–Kier alpha value is -1.85. The first kappa shape index (κ1) is 20.1. The van der Waals surface area contributed by atoms with Crippen molar-refractivity contribution in [2.24, 2.45) is 5.14 Å². The quantitative estimate of drug-likeness (QED) is 0.632. The van der Waals surface area contributed by atoms with Crippen LogP contribution >= 0.6 is 11.3 Å². The number of hydrogen-bond donors (Lipinski definition) is 2. The number of thiophene rings is 1. The van der Waals surface area contributed by atoms with Gasteiger partial charge in [0.1, 0.15) is 17.0 Å². The average Bonchev–Trinajstić information content (AvgIpc) is 3.13. The lowest BCUT2D eigenvalue weighted by atomic mass is 9.90. The van der Waals surface area contributed by atoms with Gasteiger partial charge in [-0.2, -0.15) is 0 Å². The van der Waals surface area contributed by atoms with E-state index in [0.717, 1.165) is 78.1 Å². The number of hydrogen-bond acceptors (Lipinski definition) is 8. The van der Waals surface area contributed by atoms with Crippen LogP contribution in [0.4, 0.5) is 5.82 Å². The van der Waals surface area contributed by atoms with Crippen LogP contribution in [0.15, 0.2) is 29.4 Å². The molecule has 0 unspecified atom stereocenters. The summed E-state index contributed by atoms with van der Waals surface area (Å²) in [6, 6.07) is 5.94. The average molecular weight is 448 g/mol. The number of fused-ring (bicyclic) bond motifs is 3. The number of anilines is 1. The number of nitrogens with two attached hydrogens (primary N) is 1. The lowest BCUT2D eigenvalue weighted by molar-refractivity contribution is 0.00791. The number of nitrogens with one attached hydrogen (secondary N) is 1. The number of benzene rings is 1. The lowest BCUT2D eigenvalue weighted by Crippen LogP contribution is -2.46. The Morgan fingerprint density at radius 1 is 1.13 bits per heavy atom. The predicted molar refractivity (Wildman–Crippen MR) is 118 cm³/mol. The molecule has 1 aliphatic heterocycles. The van der Waals surface area contributed by atoms with Gasteiger partial charge in [0, 0.05) is 35.3 Å². The van der Waals surface area contributed by atoms with Crippen LogP contribution in [-0.2, 0) is 14.8 Å². The third-order valence-corrected chi connectivity index (χ3v) is 8.16. The van der Waals surface area contributed by atoms with E-state index in [-0.39, 0.29) is 4.90 Å². The predicted octanol–water partition coefficient (Wildman–Crippen LogP) is 2.55. The number of sulfonamides is 1. The van der Waals surface area contributed by atoms with Gasteiger partial charge in [-0.1, -0.05) is 0 Å². The Labute approximate surface area is 179 Å². The van der Waals surface area contributed by atoms with Gasteiger partial charge in [0.25, 0.3) is 0 Å². The van der Waals surface area contributed by atoms with Crippen molar-refractivity contribution >= 4 is 47.5 Å². The van der Waals surface area contributed by atoms with Gasteiger partial charge in [0.15, 0.2) is 0 Å². The van der Waals surface area contributed by atoms with E-state index in [4.69, 9.17) is 9.88 Å². The zero-order valence-corrected chi connectivity index (χ0v) is 18.2. The van der Waals surface area contributed by atoms with E-state index in [1.54, 1.807) is 24.5 Å². The summed E-state index contributed by atoms with van der Waals surface area (Å²) < 4.78 is 30.1. The third-order valence-electron chi connectivity index (χ3n) is 6.17. The second-order valence-corrected chi connectivity index (χ2v) is 10.6. The van der Waals surface area contributed by atoms with Gasteiger partial charge in [0.05, 0.1) is 23.5 Å². The summed E-state index contributed by atoms with van der Waals surface area (Å²) in [5, 5.41) is 10.7. The Bertz CT molecular complexity index is 1170. The number of morpholine rings is 1. The fourth-order valence-electron chi connectivity index (χ4n) is 4.59. The molecule has 0 bridgehead atoms. The van der Waals surface area contributed by atoms with E-state index in [1.807, 2.05) is 0 Å². The van der Waals surface area contributed by atoms with Crippen molar-refractivity contribution in [3.63, 3.8) is 0 Å². The van der Waals surface area contributed by atoms with Crippen molar-refractivity contribution in [3.05, 3.63) is 24.5 Å². The molecule has 2 aliphatic rings. The zero-order valence-electron chi connectivity index (χ0n) is 16.6. The minimum Gasteiger partial charge on any atom is -0.379 e. The van der Waals surface area contributed by atoms with E-state index in [0.29, 0.717) is 12.1 Å². The molecule has 3 aromatic rings. The maximum Gasteiger partial charge on any atom is 0.238 e. The van der Waals surface area contributed by atoms with Crippen molar-refractivity contribution in [2.75, 3.05) is 31.6 Å². The molecule has 1 saturated heterocycles. The van der Waals surface area contributed by atoms with Crippen LogP contribution in [0.5, 0.6) is 0 Å². The highest BCUT2D eigenvalue weighted by molar-refractivity contribution is 7.89. The molecule has 30 heavy (non-hydrogen) atoms. The fourth-order valence-corrected chi connectivity index (χ4v) is 6.16. The Morgan fingerprint density at radius 3 is 2.63 bits per heavy atom. The molecule has 3 heterocycles. The number of primary sulfonamides is 1. The summed E-state index contributed by atoms with van der Waals surface area (Å²) in [6.45, 7) is 3.73. The van der Waals surface area contributed by atoms with Crippen LogP contribution < -0.4 is 10.5 Å². The van der Waals surface area contributed by atoms with Crippen LogP contribution in [0.2, 0.25) is 0 Å². The zero-order chi connectivity index (χ0) is 20.7. The van der Waals surface area contributed by atoms with E-state index < -0.39 is 10.0 Å². The highest BCUT2D eigenvalue weighted by atomic mass is 32.2. The SMILES string of the molecule is NS(=O)(=O)c1ccc2sc3ncnc(NC4CCC(N5CCOCC5)CC4)c3c2c1. The summed E-state index contributed by atoms with van der Waals surface area (Å²) in [7, 11) is -3.77. The Morgan fingerprint density at radius 2 is 1.90 bits per heavy atom. The molecule has 5 rings (SSSR count). The molecule has 1 aromatic carbocycles. The van der Waals surface area contributed by atoms with Gasteiger partial charge >= 0.3 is 0 Å². The van der Waals surface area contributed by atoms with E-state index >= 15 is 0 Å². The molecule has 10 heteroatoms. The van der Waals surface area contributed by atoms with Crippen LogP contribution in [0.3, 0.4) is 0 Å². The minimum absolute atomic E-state index is 0.107. The molecule has 8 nitrogen and oxygen atoms in total. The largest absolute Gasteiger partial charge is 0.379 e. The molecule has 1 saturated carbocycles. The molecule has 0 atom stereocenters. The first-order chi connectivity index (χ1) is 14.5. The summed E-state index contributed by atoms with van der Waals surface area (Å²) in [4.78, 5) is 12.4. The monoisotopic (exact) mass is 447 g/mol. The summed E-state index contributed by atoms with van der Waals surface area (Å²) >= 11 is 1.53. The molecular formula is C20H25N5O3S2. The molecule has 2 aromatic heterocycles. The molecule has 3 N–H and O–H groups in total. The van der Waals surface area contributed by atoms with Gasteiger partial charge < -0.3 is 10.1 Å². The van der Waals surface area contributed by atoms with E-state index in [9.17, 15) is 8.42 Å². The van der Waals surface area contributed by atoms with Crippen molar-refractivity contribution in [1.82, 2.24) is 14.9 Å². The minimum atomic E-state index is -3.77. The Kier molecular flexibility index (Phi) is 5.36. The number of rotatable bonds is 4. The molecule has 0 spiro atoms. The molecule has 160 valence electrons. The second-order valence-electron chi connectivity index (χ2n) is 8.01. The number of ether oxygens (including phenoxy) is 1. The van der Waals surface area contributed by atoms with Gasteiger partial charge in [-0.3, -0.25) is 4.90 Å². The van der Waals surface area contributed by atoms with Gasteiger partial charge in [-0.15, -0.1) is 11.3 Å².